The number of benzene rings is 1. The van der Waals surface area contributed by atoms with Crippen LogP contribution < -0.4 is 10.6 Å². The van der Waals surface area contributed by atoms with E-state index in [1.165, 1.54) is 11.3 Å². The molecule has 0 aliphatic heterocycles. The molecule has 1 aromatic heterocycles. The molecular formula is C17H23N3O2S. The fourth-order valence-corrected chi connectivity index (χ4v) is 3.21. The van der Waals surface area contributed by atoms with Crippen molar-refractivity contribution in [3.8, 4) is 0 Å². The van der Waals surface area contributed by atoms with E-state index in [-0.39, 0.29) is 17.3 Å². The first-order valence-corrected chi connectivity index (χ1v) is 8.53. The molecule has 1 aromatic carbocycles. The van der Waals surface area contributed by atoms with E-state index in [4.69, 9.17) is 5.73 Å². The summed E-state index contributed by atoms with van der Waals surface area (Å²) in [6.45, 7) is 5.54. The summed E-state index contributed by atoms with van der Waals surface area (Å²) in [5, 5.41) is 0. The van der Waals surface area contributed by atoms with Gasteiger partial charge in [-0.3, -0.25) is 14.2 Å². The summed E-state index contributed by atoms with van der Waals surface area (Å²) in [5.74, 6) is -0.0506. The zero-order valence-corrected chi connectivity index (χ0v) is 14.4. The van der Waals surface area contributed by atoms with Crippen LogP contribution in [0.1, 0.15) is 22.6 Å². The Morgan fingerprint density at radius 3 is 2.52 bits per heavy atom. The van der Waals surface area contributed by atoms with Gasteiger partial charge < -0.3 is 10.6 Å². The number of amides is 1. The maximum atomic E-state index is 12.7. The Morgan fingerprint density at radius 2 is 1.96 bits per heavy atom. The van der Waals surface area contributed by atoms with Crippen molar-refractivity contribution < 1.29 is 4.79 Å². The molecule has 2 aromatic rings. The highest BCUT2D eigenvalue weighted by molar-refractivity contribution is 7.09. The molecule has 0 unspecified atom stereocenters. The molecule has 0 saturated heterocycles. The summed E-state index contributed by atoms with van der Waals surface area (Å²) in [5.41, 5.74) is 7.52. The van der Waals surface area contributed by atoms with E-state index in [1.807, 2.05) is 44.2 Å². The van der Waals surface area contributed by atoms with Gasteiger partial charge in [-0.05, 0) is 32.4 Å². The number of aromatic nitrogens is 1. The molecule has 6 heteroatoms. The second-order valence-corrected chi connectivity index (χ2v) is 6.70. The fraction of sp³-hybridized carbons (Fsp3) is 0.412. The molecule has 23 heavy (non-hydrogen) atoms. The first-order valence-electron chi connectivity index (χ1n) is 7.71. The average Bonchev–Trinajstić information content (AvgIpc) is 2.78. The summed E-state index contributed by atoms with van der Waals surface area (Å²) >= 11 is 1.19. The molecule has 124 valence electrons. The first kappa shape index (κ1) is 17.4. The number of carbonyl (C=O) groups is 1. The lowest BCUT2D eigenvalue weighted by molar-refractivity contribution is -0.132. The van der Waals surface area contributed by atoms with Crippen LogP contribution in [0.5, 0.6) is 0 Å². The Bertz CT molecular complexity index is 706. The quantitative estimate of drug-likeness (QED) is 0.841. The second-order valence-electron chi connectivity index (χ2n) is 5.54. The molecule has 1 amide bonds. The molecule has 0 fully saturated rings. The Morgan fingerprint density at radius 1 is 1.26 bits per heavy atom. The lowest BCUT2D eigenvalue weighted by atomic mass is 10.2. The molecule has 0 atom stereocenters. The number of carbonyl (C=O) groups excluding carboxylic acids is 1. The summed E-state index contributed by atoms with van der Waals surface area (Å²) in [6.07, 6.45) is 0.745. The van der Waals surface area contributed by atoms with E-state index in [2.05, 4.69) is 0 Å². The van der Waals surface area contributed by atoms with E-state index in [0.29, 0.717) is 19.6 Å². The third kappa shape index (κ3) is 4.53. The maximum absolute atomic E-state index is 12.7. The molecule has 0 aliphatic carbocycles. The number of thiazole rings is 1. The summed E-state index contributed by atoms with van der Waals surface area (Å²) in [4.78, 5) is 27.3. The van der Waals surface area contributed by atoms with Gasteiger partial charge in [0, 0.05) is 23.7 Å². The van der Waals surface area contributed by atoms with Gasteiger partial charge in [0.05, 0.1) is 0 Å². The van der Waals surface area contributed by atoms with E-state index >= 15 is 0 Å². The number of aryl methyl sites for hydroxylation is 1. The van der Waals surface area contributed by atoms with Crippen LogP contribution in [0.3, 0.4) is 0 Å². The van der Waals surface area contributed by atoms with Gasteiger partial charge in [0.15, 0.2) is 0 Å². The van der Waals surface area contributed by atoms with Crippen molar-refractivity contribution in [1.82, 2.24) is 9.47 Å². The van der Waals surface area contributed by atoms with Gasteiger partial charge in [0.1, 0.15) is 6.54 Å². The summed E-state index contributed by atoms with van der Waals surface area (Å²) in [6, 6.07) is 9.85. The topological polar surface area (TPSA) is 68.3 Å². The zero-order chi connectivity index (χ0) is 16.8. The first-order chi connectivity index (χ1) is 11.0. The van der Waals surface area contributed by atoms with Crippen molar-refractivity contribution in [2.75, 3.05) is 13.1 Å². The van der Waals surface area contributed by atoms with Crippen molar-refractivity contribution in [3.05, 3.63) is 56.1 Å². The van der Waals surface area contributed by atoms with Gasteiger partial charge in [-0.25, -0.2) is 0 Å². The second kappa shape index (κ2) is 8.08. The predicted octanol–water partition coefficient (Wildman–Crippen LogP) is 1.90. The smallest absolute Gasteiger partial charge is 0.308 e. The maximum Gasteiger partial charge on any atom is 0.308 e. The third-order valence-corrected chi connectivity index (χ3v) is 4.87. The van der Waals surface area contributed by atoms with Gasteiger partial charge >= 0.3 is 4.87 Å². The number of hydrogen-bond acceptors (Lipinski definition) is 4. The van der Waals surface area contributed by atoms with Crippen molar-refractivity contribution in [2.45, 2.75) is 33.4 Å². The van der Waals surface area contributed by atoms with Crippen molar-refractivity contribution in [3.63, 3.8) is 0 Å². The van der Waals surface area contributed by atoms with Crippen LogP contribution in [0, 0.1) is 13.8 Å². The van der Waals surface area contributed by atoms with Crippen molar-refractivity contribution in [1.29, 1.82) is 0 Å². The van der Waals surface area contributed by atoms with Crippen LogP contribution in [0.4, 0.5) is 0 Å². The molecule has 0 saturated carbocycles. The zero-order valence-electron chi connectivity index (χ0n) is 13.6. The fourth-order valence-electron chi connectivity index (χ4n) is 2.38. The molecule has 0 radical (unpaired) electrons. The van der Waals surface area contributed by atoms with Crippen LogP contribution in [-0.4, -0.2) is 28.5 Å². The summed E-state index contributed by atoms with van der Waals surface area (Å²) in [7, 11) is 0. The van der Waals surface area contributed by atoms with E-state index in [9.17, 15) is 9.59 Å². The van der Waals surface area contributed by atoms with Crippen molar-refractivity contribution >= 4 is 17.2 Å². The molecule has 2 N–H and O–H groups in total. The monoisotopic (exact) mass is 333 g/mol. The van der Waals surface area contributed by atoms with Gasteiger partial charge in [-0.2, -0.15) is 0 Å². The lowest BCUT2D eigenvalue weighted by Crippen LogP contribution is -2.36. The molecule has 1 heterocycles. The predicted molar refractivity (Wildman–Crippen MR) is 93.6 cm³/mol. The number of rotatable bonds is 7. The highest BCUT2D eigenvalue weighted by Gasteiger charge is 2.17. The average molecular weight is 333 g/mol. The highest BCUT2D eigenvalue weighted by atomic mass is 32.1. The minimum Gasteiger partial charge on any atom is -0.337 e. The molecule has 0 aliphatic rings. The van der Waals surface area contributed by atoms with Gasteiger partial charge in [-0.1, -0.05) is 41.7 Å². The van der Waals surface area contributed by atoms with Crippen LogP contribution in [0.2, 0.25) is 0 Å². The highest BCUT2D eigenvalue weighted by Crippen LogP contribution is 2.11. The molecule has 2 rings (SSSR count). The van der Waals surface area contributed by atoms with Gasteiger partial charge in [0.2, 0.25) is 5.91 Å². The van der Waals surface area contributed by atoms with E-state index < -0.39 is 0 Å². The normalized spacial score (nSPS) is 10.7. The standard InChI is InChI=1S/C17H23N3O2S/c1-13-14(2)23-17(22)20(13)12-16(21)19(10-6-9-18)11-15-7-4-3-5-8-15/h3-5,7-8H,6,9-12,18H2,1-2H3. The molecular weight excluding hydrogens is 310 g/mol. The largest absolute Gasteiger partial charge is 0.337 e. The number of nitrogens with zero attached hydrogens (tertiary/aromatic N) is 2. The van der Waals surface area contributed by atoms with Crippen molar-refractivity contribution in [2.24, 2.45) is 5.73 Å². The molecule has 0 spiro atoms. The van der Waals surface area contributed by atoms with E-state index in [0.717, 1.165) is 22.6 Å². The molecule has 5 nitrogen and oxygen atoms in total. The number of hydrogen-bond donors (Lipinski definition) is 1. The van der Waals surface area contributed by atoms with Crippen LogP contribution in [0.15, 0.2) is 35.1 Å². The van der Waals surface area contributed by atoms with Crippen LogP contribution in [-0.2, 0) is 17.9 Å². The molecule has 0 bridgehead atoms. The Kier molecular flexibility index (Phi) is 6.12. The minimum absolute atomic E-state index is 0.0506. The SMILES string of the molecule is Cc1sc(=O)n(CC(=O)N(CCCN)Cc2ccccc2)c1C. The van der Waals surface area contributed by atoms with Crippen LogP contribution in [0.25, 0.3) is 0 Å². The lowest BCUT2D eigenvalue weighted by Gasteiger charge is -2.23. The Balaban J connectivity index is 2.14. The van der Waals surface area contributed by atoms with E-state index in [1.54, 1.807) is 9.47 Å². The Labute approximate surface area is 140 Å². The Hall–Kier alpha value is -1.92. The third-order valence-electron chi connectivity index (χ3n) is 3.87. The van der Waals surface area contributed by atoms with Gasteiger partial charge in [-0.15, -0.1) is 0 Å². The minimum atomic E-state index is -0.0770. The van der Waals surface area contributed by atoms with Crippen LogP contribution >= 0.6 is 11.3 Å². The van der Waals surface area contributed by atoms with Gasteiger partial charge in [0.25, 0.3) is 0 Å². The number of nitrogens with two attached hydrogens (primary N) is 1. The summed E-state index contributed by atoms with van der Waals surface area (Å²) < 4.78 is 1.56.